The van der Waals surface area contributed by atoms with E-state index in [9.17, 15) is 0 Å². The van der Waals surface area contributed by atoms with E-state index in [1.807, 2.05) is 97.1 Å². The van der Waals surface area contributed by atoms with E-state index in [1.165, 1.54) is 23.5 Å². The summed E-state index contributed by atoms with van der Waals surface area (Å²) >= 11 is 2.33. The second-order valence-corrected chi connectivity index (χ2v) is 13.1. The van der Waals surface area contributed by atoms with Gasteiger partial charge < -0.3 is 0 Å². The Bertz CT molecular complexity index is 2200. The molecule has 0 radical (unpaired) electrons. The zero-order chi connectivity index (χ0) is 33.0. The van der Waals surface area contributed by atoms with Crippen LogP contribution in [0.1, 0.15) is 22.5 Å². The molecule has 48 heavy (non-hydrogen) atoms. The van der Waals surface area contributed by atoms with Gasteiger partial charge in [-0.2, -0.15) is 0 Å². The molecule has 5 aromatic carbocycles. The Labute approximate surface area is 286 Å². The Morgan fingerprint density at radius 2 is 0.812 bits per heavy atom. The first-order valence-corrected chi connectivity index (χ1v) is 16.9. The van der Waals surface area contributed by atoms with Crippen LogP contribution in [0, 0.1) is 10.8 Å². The third-order valence-electron chi connectivity index (χ3n) is 7.97. The van der Waals surface area contributed by atoms with Gasteiger partial charge in [0.25, 0.3) is 0 Å². The van der Waals surface area contributed by atoms with Crippen molar-refractivity contribution in [1.82, 2.24) is 9.97 Å². The first-order chi connectivity index (χ1) is 23.4. The van der Waals surface area contributed by atoms with Crippen molar-refractivity contribution >= 4 is 65.2 Å². The van der Waals surface area contributed by atoms with Gasteiger partial charge >= 0.3 is 0 Å². The summed E-state index contributed by atoms with van der Waals surface area (Å²) in [5.74, 6) is 0. The van der Waals surface area contributed by atoms with Crippen molar-refractivity contribution in [3.05, 3.63) is 168 Å². The highest BCUT2D eigenvalue weighted by Crippen LogP contribution is 2.30. The lowest BCUT2D eigenvalue weighted by Crippen LogP contribution is -2.40. The lowest BCUT2D eigenvalue weighted by molar-refractivity contribution is -0.108. The Morgan fingerprint density at radius 1 is 0.438 bits per heavy atom. The second kappa shape index (κ2) is 13.6. The SMILES string of the molecule is N=C(SC(=[NH2+])c1ccc(C(=[NH2+])SC(=N)c2cccc(-c3cccc4ccccc34)n2)cc1)c1cccc(-c2cccc3ccccc23)n1. The fourth-order valence-corrected chi connectivity index (χ4v) is 6.95. The maximum Gasteiger partial charge on any atom is 0.245 e. The van der Waals surface area contributed by atoms with E-state index in [2.05, 4.69) is 48.5 Å². The van der Waals surface area contributed by atoms with Gasteiger partial charge in [-0.3, -0.25) is 10.8 Å². The number of hydrogen-bond acceptors (Lipinski definition) is 6. The topological polar surface area (TPSA) is 125 Å². The van der Waals surface area contributed by atoms with E-state index in [1.54, 1.807) is 0 Å². The number of hydrogen-bond donors (Lipinski definition) is 4. The second-order valence-electron chi connectivity index (χ2n) is 11.0. The number of aromatic nitrogens is 2. The van der Waals surface area contributed by atoms with Crippen molar-refractivity contribution in [3.63, 3.8) is 0 Å². The van der Waals surface area contributed by atoms with Gasteiger partial charge in [-0.1, -0.05) is 97.1 Å². The highest BCUT2D eigenvalue weighted by molar-refractivity contribution is 8.27. The number of benzene rings is 5. The summed E-state index contributed by atoms with van der Waals surface area (Å²) in [6.07, 6.45) is 0. The molecule has 8 heteroatoms. The summed E-state index contributed by atoms with van der Waals surface area (Å²) in [5, 5.41) is 36.4. The zero-order valence-electron chi connectivity index (χ0n) is 25.7. The van der Waals surface area contributed by atoms with Crippen LogP contribution in [0.3, 0.4) is 0 Å². The van der Waals surface area contributed by atoms with Gasteiger partial charge in [-0.25, -0.2) is 20.8 Å². The Balaban J connectivity index is 1.01. The van der Waals surface area contributed by atoms with Crippen LogP contribution in [0.5, 0.6) is 0 Å². The first-order valence-electron chi connectivity index (χ1n) is 15.2. The summed E-state index contributed by atoms with van der Waals surface area (Å²) in [6, 6.07) is 47.7. The molecule has 0 bridgehead atoms. The number of nitrogens with two attached hydrogens (primary N) is 2. The minimum absolute atomic E-state index is 0.256. The maximum absolute atomic E-state index is 8.75. The largest absolute Gasteiger partial charge is 0.292 e. The first kappa shape index (κ1) is 30.9. The van der Waals surface area contributed by atoms with Gasteiger partial charge in [0, 0.05) is 34.7 Å². The van der Waals surface area contributed by atoms with E-state index >= 15 is 0 Å². The van der Waals surface area contributed by atoms with E-state index in [0.717, 1.165) is 55.2 Å². The quantitative estimate of drug-likeness (QED) is 0.118. The van der Waals surface area contributed by atoms with Crippen molar-refractivity contribution in [2.24, 2.45) is 0 Å². The van der Waals surface area contributed by atoms with Crippen molar-refractivity contribution in [2.45, 2.75) is 0 Å². The molecule has 0 aliphatic carbocycles. The molecule has 2 aromatic heterocycles. The lowest BCUT2D eigenvalue weighted by atomic mass is 10.0. The van der Waals surface area contributed by atoms with Crippen LogP contribution in [0.15, 0.2) is 146 Å². The van der Waals surface area contributed by atoms with Gasteiger partial charge in [0.15, 0.2) is 0 Å². The third-order valence-corrected chi connectivity index (χ3v) is 9.71. The molecular formula is C40H30N6S2+2. The molecule has 230 valence electrons. The number of rotatable bonds is 6. The molecular weight excluding hydrogens is 629 g/mol. The van der Waals surface area contributed by atoms with Crippen molar-refractivity contribution in [2.75, 3.05) is 0 Å². The summed E-state index contributed by atoms with van der Waals surface area (Å²) in [4.78, 5) is 9.61. The highest BCUT2D eigenvalue weighted by Gasteiger charge is 2.19. The molecule has 6 nitrogen and oxygen atoms in total. The summed E-state index contributed by atoms with van der Waals surface area (Å²) in [5.41, 5.74) is 6.31. The molecule has 0 atom stereocenters. The molecule has 0 spiro atoms. The van der Waals surface area contributed by atoms with Crippen molar-refractivity contribution < 1.29 is 10.8 Å². The van der Waals surface area contributed by atoms with Crippen molar-refractivity contribution in [3.8, 4) is 22.5 Å². The van der Waals surface area contributed by atoms with Crippen LogP contribution < -0.4 is 10.8 Å². The van der Waals surface area contributed by atoms with Gasteiger partial charge in [0.05, 0.1) is 33.9 Å². The van der Waals surface area contributed by atoms with E-state index in [4.69, 9.17) is 31.6 Å². The number of thioether (sulfide) groups is 2. The Hall–Kier alpha value is -5.70. The predicted molar refractivity (Wildman–Crippen MR) is 202 cm³/mol. The maximum atomic E-state index is 8.75. The number of nitrogens with one attached hydrogen (secondary N) is 2. The van der Waals surface area contributed by atoms with Crippen LogP contribution in [-0.2, 0) is 0 Å². The van der Waals surface area contributed by atoms with E-state index < -0.39 is 0 Å². The van der Waals surface area contributed by atoms with Crippen LogP contribution in [0.2, 0.25) is 0 Å². The Kier molecular flexibility index (Phi) is 8.74. The molecule has 7 rings (SSSR count). The number of fused-ring (bicyclic) bond motifs is 2. The minimum Gasteiger partial charge on any atom is -0.292 e. The highest BCUT2D eigenvalue weighted by atomic mass is 32.2. The summed E-state index contributed by atoms with van der Waals surface area (Å²) in [7, 11) is 0. The standard InChI is InChI=1S/C40H28N6S2/c41-37(47-39(43)35-19-7-17-33(45-35)31-15-5-11-25-9-1-3-13-29(25)31)27-21-23-28(24-22-27)38(42)48-40(44)36-20-8-18-34(46-36)32-16-6-12-26-10-2-4-14-30(26)32/h1-24,41-44H/p+2. The smallest absolute Gasteiger partial charge is 0.245 e. The van der Waals surface area contributed by atoms with Gasteiger partial charge in [-0.05, 0) is 70.1 Å². The molecule has 0 saturated heterocycles. The molecule has 2 heterocycles. The van der Waals surface area contributed by atoms with E-state index in [0.29, 0.717) is 21.5 Å². The molecule has 0 unspecified atom stereocenters. The molecule has 0 aliphatic rings. The lowest BCUT2D eigenvalue weighted by Gasteiger charge is -2.09. The zero-order valence-corrected chi connectivity index (χ0v) is 27.4. The van der Waals surface area contributed by atoms with Gasteiger partial charge in [0.2, 0.25) is 10.1 Å². The molecule has 7 aromatic rings. The normalized spacial score (nSPS) is 11.0. The van der Waals surface area contributed by atoms with Crippen molar-refractivity contribution in [1.29, 1.82) is 10.8 Å². The molecule has 0 fully saturated rings. The van der Waals surface area contributed by atoms with E-state index in [-0.39, 0.29) is 10.1 Å². The monoisotopic (exact) mass is 658 g/mol. The van der Waals surface area contributed by atoms with Crippen LogP contribution in [-0.4, -0.2) is 30.1 Å². The molecule has 0 saturated carbocycles. The number of nitrogens with zero attached hydrogens (tertiary/aromatic N) is 2. The minimum atomic E-state index is 0.256. The Morgan fingerprint density at radius 3 is 1.25 bits per heavy atom. The predicted octanol–water partition coefficient (Wildman–Crippen LogP) is 6.65. The van der Waals surface area contributed by atoms with Crippen LogP contribution in [0.4, 0.5) is 0 Å². The summed E-state index contributed by atoms with van der Waals surface area (Å²) < 4.78 is 0. The van der Waals surface area contributed by atoms with Gasteiger partial charge in [-0.15, -0.1) is 0 Å². The fourth-order valence-electron chi connectivity index (χ4n) is 5.56. The molecule has 6 N–H and O–H groups in total. The third kappa shape index (κ3) is 6.44. The number of pyridine rings is 2. The fraction of sp³-hybridized carbons (Fsp3) is 0. The van der Waals surface area contributed by atoms with Crippen LogP contribution >= 0.6 is 23.5 Å². The van der Waals surface area contributed by atoms with Gasteiger partial charge in [0.1, 0.15) is 10.1 Å². The van der Waals surface area contributed by atoms with Crippen LogP contribution in [0.25, 0.3) is 44.1 Å². The average Bonchev–Trinajstić information content (AvgIpc) is 3.14. The molecule has 0 aliphatic heterocycles. The molecule has 0 amide bonds. The summed E-state index contributed by atoms with van der Waals surface area (Å²) in [6.45, 7) is 0. The average molecular weight is 659 g/mol.